The van der Waals surface area contributed by atoms with E-state index in [2.05, 4.69) is 28.5 Å². The summed E-state index contributed by atoms with van der Waals surface area (Å²) in [7, 11) is 0. The third-order valence-corrected chi connectivity index (χ3v) is 8.80. The van der Waals surface area contributed by atoms with Gasteiger partial charge in [-0.05, 0) is 61.6 Å². The number of aryl methyl sites for hydroxylation is 1. The van der Waals surface area contributed by atoms with E-state index in [4.69, 9.17) is 4.98 Å². The summed E-state index contributed by atoms with van der Waals surface area (Å²) >= 11 is 5.00. The molecule has 31 heavy (non-hydrogen) atoms. The van der Waals surface area contributed by atoms with Crippen LogP contribution in [-0.2, 0) is 12.8 Å². The zero-order valence-electron chi connectivity index (χ0n) is 16.7. The number of nitrogens with one attached hydrogen (secondary N) is 1. The highest BCUT2D eigenvalue weighted by molar-refractivity contribution is 7.23. The highest BCUT2D eigenvalue weighted by Crippen LogP contribution is 2.46. The van der Waals surface area contributed by atoms with Crippen molar-refractivity contribution in [3.05, 3.63) is 64.0 Å². The molecular formula is C24H19N3OS3. The lowest BCUT2D eigenvalue weighted by Crippen LogP contribution is -2.11. The van der Waals surface area contributed by atoms with Crippen molar-refractivity contribution in [1.82, 2.24) is 9.97 Å². The van der Waals surface area contributed by atoms with Gasteiger partial charge in [-0.3, -0.25) is 4.79 Å². The first-order chi connectivity index (χ1) is 15.3. The van der Waals surface area contributed by atoms with Crippen LogP contribution >= 0.6 is 34.0 Å². The van der Waals surface area contributed by atoms with Gasteiger partial charge in [-0.2, -0.15) is 0 Å². The zero-order chi connectivity index (χ0) is 20.8. The smallest absolute Gasteiger partial charge is 0.256 e. The molecule has 1 aliphatic rings. The lowest BCUT2D eigenvalue weighted by Gasteiger charge is -2.07. The number of anilines is 1. The normalized spacial score (nSPS) is 13.9. The van der Waals surface area contributed by atoms with Gasteiger partial charge in [-0.15, -0.1) is 34.0 Å². The molecule has 2 aromatic carbocycles. The Balaban J connectivity index is 1.43. The molecule has 0 saturated carbocycles. The second-order valence-corrected chi connectivity index (χ2v) is 10.8. The molecule has 1 amide bonds. The largest absolute Gasteiger partial charge is 0.313 e. The van der Waals surface area contributed by atoms with Gasteiger partial charge in [0, 0.05) is 16.0 Å². The van der Waals surface area contributed by atoms with Crippen LogP contribution in [0.4, 0.5) is 5.00 Å². The number of benzene rings is 2. The maximum Gasteiger partial charge on any atom is 0.256 e. The van der Waals surface area contributed by atoms with Crippen LogP contribution in [0.5, 0.6) is 0 Å². The molecule has 0 bridgehead atoms. The number of hydrogen-bond acceptors (Lipinski definition) is 6. The molecule has 0 unspecified atom stereocenters. The Labute approximate surface area is 191 Å². The van der Waals surface area contributed by atoms with Crippen molar-refractivity contribution in [1.29, 1.82) is 0 Å². The fraction of sp³-hybridized carbons (Fsp3) is 0.208. The van der Waals surface area contributed by atoms with Crippen molar-refractivity contribution in [3.63, 3.8) is 0 Å². The number of amides is 1. The molecule has 0 spiro atoms. The Kier molecular flexibility index (Phi) is 4.82. The Bertz CT molecular complexity index is 1400. The zero-order valence-corrected chi connectivity index (χ0v) is 19.1. The molecular weight excluding hydrogens is 442 g/mol. The highest BCUT2D eigenvalue weighted by Gasteiger charge is 2.25. The van der Waals surface area contributed by atoms with Crippen LogP contribution < -0.4 is 5.32 Å². The second-order valence-electron chi connectivity index (χ2n) is 7.74. The Morgan fingerprint density at radius 1 is 0.935 bits per heavy atom. The number of thiophene rings is 1. The number of para-hydroxylation sites is 1. The van der Waals surface area contributed by atoms with Gasteiger partial charge in [0.25, 0.3) is 5.91 Å². The predicted octanol–water partition coefficient (Wildman–Crippen LogP) is 7.16. The summed E-state index contributed by atoms with van der Waals surface area (Å²) in [5, 5.41) is 5.17. The van der Waals surface area contributed by atoms with Crippen molar-refractivity contribution in [3.8, 4) is 10.6 Å². The fourth-order valence-electron chi connectivity index (χ4n) is 4.21. The molecule has 1 N–H and O–H groups in total. The number of carbonyl (C=O) groups is 1. The summed E-state index contributed by atoms with van der Waals surface area (Å²) in [4.78, 5) is 23.8. The average Bonchev–Trinajstić information content (AvgIpc) is 3.46. The molecule has 0 radical (unpaired) electrons. The summed E-state index contributed by atoms with van der Waals surface area (Å²) in [5.74, 6) is -0.0749. The topological polar surface area (TPSA) is 54.9 Å². The van der Waals surface area contributed by atoms with Crippen molar-refractivity contribution >= 4 is 65.4 Å². The Morgan fingerprint density at radius 3 is 2.77 bits per heavy atom. The summed E-state index contributed by atoms with van der Waals surface area (Å²) in [6, 6.07) is 14.0. The number of fused-ring (bicyclic) bond motifs is 3. The minimum atomic E-state index is -0.0749. The third kappa shape index (κ3) is 3.46. The number of carbonyl (C=O) groups excluding carboxylic acids is 1. The molecule has 0 saturated heterocycles. The molecule has 4 nitrogen and oxygen atoms in total. The minimum Gasteiger partial charge on any atom is -0.313 e. The van der Waals surface area contributed by atoms with Crippen LogP contribution in [0, 0.1) is 0 Å². The van der Waals surface area contributed by atoms with Crippen LogP contribution in [0.25, 0.3) is 31.0 Å². The van der Waals surface area contributed by atoms with Crippen molar-refractivity contribution in [2.24, 2.45) is 0 Å². The van der Waals surface area contributed by atoms with Gasteiger partial charge >= 0.3 is 0 Å². The molecule has 6 rings (SSSR count). The van der Waals surface area contributed by atoms with Crippen LogP contribution in [0.3, 0.4) is 0 Å². The standard InChI is InChI=1S/C24H19N3OS3/c28-22(14-10-11-16-20(12-14)29-13-25-16)27-24-21(15-6-2-1-3-8-18(15)30-24)23-26-17-7-4-5-9-19(17)31-23/h4-5,7,9-13H,1-3,6,8H2,(H,27,28). The van der Waals surface area contributed by atoms with E-state index in [-0.39, 0.29) is 5.91 Å². The van der Waals surface area contributed by atoms with E-state index in [9.17, 15) is 4.79 Å². The first kappa shape index (κ1) is 19.1. The minimum absolute atomic E-state index is 0.0749. The van der Waals surface area contributed by atoms with E-state index in [1.807, 2.05) is 29.8 Å². The molecule has 0 aliphatic heterocycles. The first-order valence-electron chi connectivity index (χ1n) is 10.4. The van der Waals surface area contributed by atoms with Gasteiger partial charge < -0.3 is 5.32 Å². The number of thiazole rings is 2. The Hall–Kier alpha value is -2.61. The second kappa shape index (κ2) is 7.82. The molecule has 154 valence electrons. The fourth-order valence-corrected chi connectivity index (χ4v) is 7.32. The maximum absolute atomic E-state index is 13.2. The molecule has 7 heteroatoms. The van der Waals surface area contributed by atoms with Crippen LogP contribution in [0.1, 0.15) is 40.1 Å². The summed E-state index contributed by atoms with van der Waals surface area (Å²) < 4.78 is 2.21. The average molecular weight is 462 g/mol. The summed E-state index contributed by atoms with van der Waals surface area (Å²) in [5.41, 5.74) is 6.94. The number of aromatic nitrogens is 2. The van der Waals surface area contributed by atoms with E-state index in [1.54, 1.807) is 34.0 Å². The SMILES string of the molecule is O=C(Nc1sc2c(c1-c1nc3ccccc3s1)CCCCC2)c1ccc2ncsc2c1. The number of nitrogens with zero attached hydrogens (tertiary/aromatic N) is 2. The predicted molar refractivity (Wildman–Crippen MR) is 132 cm³/mol. The molecule has 1 aliphatic carbocycles. The van der Waals surface area contributed by atoms with Crippen molar-refractivity contribution in [2.45, 2.75) is 32.1 Å². The third-order valence-electron chi connectivity index (χ3n) is 5.75. The lowest BCUT2D eigenvalue weighted by molar-refractivity contribution is 0.102. The van der Waals surface area contributed by atoms with Crippen LogP contribution in [0.15, 0.2) is 48.0 Å². The van der Waals surface area contributed by atoms with E-state index in [0.717, 1.165) is 44.1 Å². The number of rotatable bonds is 3. The van der Waals surface area contributed by atoms with Crippen molar-refractivity contribution < 1.29 is 4.79 Å². The van der Waals surface area contributed by atoms with Gasteiger partial charge in [-0.25, -0.2) is 9.97 Å². The highest BCUT2D eigenvalue weighted by atomic mass is 32.1. The summed E-state index contributed by atoms with van der Waals surface area (Å²) in [6.07, 6.45) is 5.80. The summed E-state index contributed by atoms with van der Waals surface area (Å²) in [6.45, 7) is 0. The Morgan fingerprint density at radius 2 is 1.84 bits per heavy atom. The quantitative estimate of drug-likeness (QED) is 0.290. The van der Waals surface area contributed by atoms with E-state index < -0.39 is 0 Å². The van der Waals surface area contributed by atoms with E-state index in [0.29, 0.717) is 5.56 Å². The number of hydrogen-bond donors (Lipinski definition) is 1. The molecule has 0 atom stereocenters. The van der Waals surface area contributed by atoms with Gasteiger partial charge in [0.2, 0.25) is 0 Å². The van der Waals surface area contributed by atoms with E-state index in [1.165, 1.54) is 34.4 Å². The van der Waals surface area contributed by atoms with Crippen LogP contribution in [-0.4, -0.2) is 15.9 Å². The molecule has 5 aromatic rings. The van der Waals surface area contributed by atoms with Gasteiger partial charge in [0.05, 0.1) is 25.9 Å². The van der Waals surface area contributed by atoms with E-state index >= 15 is 0 Å². The maximum atomic E-state index is 13.2. The monoisotopic (exact) mass is 461 g/mol. The lowest BCUT2D eigenvalue weighted by atomic mass is 10.1. The van der Waals surface area contributed by atoms with Gasteiger partial charge in [-0.1, -0.05) is 18.6 Å². The van der Waals surface area contributed by atoms with Gasteiger partial charge in [0.15, 0.2) is 0 Å². The van der Waals surface area contributed by atoms with Crippen molar-refractivity contribution in [2.75, 3.05) is 5.32 Å². The molecule has 3 heterocycles. The van der Waals surface area contributed by atoms with Gasteiger partial charge in [0.1, 0.15) is 10.0 Å². The molecule has 3 aromatic heterocycles. The van der Waals surface area contributed by atoms with Crippen LogP contribution in [0.2, 0.25) is 0 Å². The first-order valence-corrected chi connectivity index (χ1v) is 12.9. The molecule has 0 fully saturated rings.